The van der Waals surface area contributed by atoms with Gasteiger partial charge >= 0.3 is 0 Å². The Kier molecular flexibility index (Phi) is 4.86. The van der Waals surface area contributed by atoms with Crippen LogP contribution in [0.3, 0.4) is 0 Å². The Morgan fingerprint density at radius 3 is 2.58 bits per heavy atom. The third kappa shape index (κ3) is 3.52. The van der Waals surface area contributed by atoms with Gasteiger partial charge in [-0.3, -0.25) is 4.79 Å². The SMILES string of the molecule is Cn1ccnc1C(NC(=O)c1nn(-c2ccc(F)cc2)c2c1CCC2)c1ccccc1. The quantitative estimate of drug-likeness (QED) is 0.540. The third-order valence-electron chi connectivity index (χ3n) is 5.74. The number of aromatic nitrogens is 4. The number of nitrogens with one attached hydrogen (secondary N) is 1. The molecular weight excluding hydrogens is 393 g/mol. The summed E-state index contributed by atoms with van der Waals surface area (Å²) in [5, 5.41) is 7.78. The van der Waals surface area contributed by atoms with Gasteiger partial charge in [0.15, 0.2) is 5.69 Å². The summed E-state index contributed by atoms with van der Waals surface area (Å²) in [4.78, 5) is 17.9. The topological polar surface area (TPSA) is 64.7 Å². The molecule has 0 saturated heterocycles. The highest BCUT2D eigenvalue weighted by atomic mass is 19.1. The summed E-state index contributed by atoms with van der Waals surface area (Å²) in [5.41, 5.74) is 4.10. The van der Waals surface area contributed by atoms with E-state index in [1.165, 1.54) is 12.1 Å². The van der Waals surface area contributed by atoms with E-state index >= 15 is 0 Å². The van der Waals surface area contributed by atoms with Crippen LogP contribution in [-0.4, -0.2) is 25.2 Å². The van der Waals surface area contributed by atoms with Crippen molar-refractivity contribution in [2.45, 2.75) is 25.3 Å². The first-order valence-electron chi connectivity index (χ1n) is 10.3. The van der Waals surface area contributed by atoms with Crippen LogP contribution in [0.5, 0.6) is 0 Å². The summed E-state index contributed by atoms with van der Waals surface area (Å²) >= 11 is 0. The van der Waals surface area contributed by atoms with Crippen molar-refractivity contribution in [3.8, 4) is 5.69 Å². The number of hydrogen-bond donors (Lipinski definition) is 1. The van der Waals surface area contributed by atoms with Crippen LogP contribution in [0.15, 0.2) is 67.0 Å². The Bertz CT molecular complexity index is 1230. The highest BCUT2D eigenvalue weighted by Gasteiger charge is 2.29. The van der Waals surface area contributed by atoms with Crippen molar-refractivity contribution in [2.24, 2.45) is 7.05 Å². The first-order valence-corrected chi connectivity index (χ1v) is 10.3. The number of rotatable bonds is 5. The number of hydrogen-bond acceptors (Lipinski definition) is 3. The Morgan fingerprint density at radius 2 is 1.87 bits per heavy atom. The molecular formula is C24H22FN5O. The number of imidazole rings is 1. The number of nitrogens with zero attached hydrogens (tertiary/aromatic N) is 4. The summed E-state index contributed by atoms with van der Waals surface area (Å²) in [6, 6.07) is 15.6. The van der Waals surface area contributed by atoms with Gasteiger partial charge in [-0.1, -0.05) is 30.3 Å². The Morgan fingerprint density at radius 1 is 1.10 bits per heavy atom. The molecule has 0 aliphatic heterocycles. The minimum atomic E-state index is -0.401. The molecule has 1 aliphatic carbocycles. The molecule has 6 nitrogen and oxygen atoms in total. The third-order valence-corrected chi connectivity index (χ3v) is 5.74. The van der Waals surface area contributed by atoms with Gasteiger partial charge in [-0.2, -0.15) is 5.10 Å². The Balaban J connectivity index is 1.52. The molecule has 1 amide bonds. The van der Waals surface area contributed by atoms with Crippen molar-refractivity contribution >= 4 is 5.91 Å². The molecule has 4 aromatic rings. The van der Waals surface area contributed by atoms with Crippen molar-refractivity contribution in [2.75, 3.05) is 0 Å². The van der Waals surface area contributed by atoms with Gasteiger partial charge in [0.1, 0.15) is 17.7 Å². The molecule has 1 N–H and O–H groups in total. The van der Waals surface area contributed by atoms with E-state index in [4.69, 9.17) is 0 Å². The van der Waals surface area contributed by atoms with Gasteiger partial charge in [-0.15, -0.1) is 0 Å². The van der Waals surface area contributed by atoms with E-state index in [1.807, 2.05) is 48.1 Å². The molecule has 1 atom stereocenters. The Labute approximate surface area is 179 Å². The molecule has 5 rings (SSSR count). The molecule has 2 aromatic heterocycles. The molecule has 0 radical (unpaired) electrons. The van der Waals surface area contributed by atoms with Crippen LogP contribution < -0.4 is 5.32 Å². The second kappa shape index (κ2) is 7.83. The number of amides is 1. The van der Waals surface area contributed by atoms with Gasteiger partial charge < -0.3 is 9.88 Å². The summed E-state index contributed by atoms with van der Waals surface area (Å²) in [6.07, 6.45) is 6.19. The molecule has 1 aliphatic rings. The summed E-state index contributed by atoms with van der Waals surface area (Å²) in [6.45, 7) is 0. The van der Waals surface area contributed by atoms with Crippen LogP contribution >= 0.6 is 0 Å². The zero-order valence-electron chi connectivity index (χ0n) is 17.1. The number of halogens is 1. The van der Waals surface area contributed by atoms with Gasteiger partial charge in [0.25, 0.3) is 5.91 Å². The minimum absolute atomic E-state index is 0.240. The monoisotopic (exact) mass is 415 g/mol. The smallest absolute Gasteiger partial charge is 0.272 e. The predicted molar refractivity (Wildman–Crippen MR) is 115 cm³/mol. The first-order chi connectivity index (χ1) is 15.1. The van der Waals surface area contributed by atoms with Crippen LogP contribution in [0.2, 0.25) is 0 Å². The summed E-state index contributed by atoms with van der Waals surface area (Å²) < 4.78 is 17.1. The lowest BCUT2D eigenvalue weighted by Gasteiger charge is -2.19. The number of benzene rings is 2. The van der Waals surface area contributed by atoms with Gasteiger partial charge in [0.2, 0.25) is 0 Å². The number of carbonyl (C=O) groups excluding carboxylic acids is 1. The average molecular weight is 415 g/mol. The second-order valence-electron chi connectivity index (χ2n) is 7.73. The fourth-order valence-corrected chi connectivity index (χ4v) is 4.21. The maximum atomic E-state index is 13.4. The fourth-order valence-electron chi connectivity index (χ4n) is 4.21. The van der Waals surface area contributed by atoms with E-state index in [-0.39, 0.29) is 11.7 Å². The van der Waals surface area contributed by atoms with Crippen LogP contribution in [-0.2, 0) is 19.9 Å². The Hall–Kier alpha value is -3.74. The van der Waals surface area contributed by atoms with Crippen molar-refractivity contribution in [3.05, 3.63) is 101 Å². The normalized spacial score (nSPS) is 13.7. The molecule has 0 spiro atoms. The molecule has 2 aromatic carbocycles. The highest BCUT2D eigenvalue weighted by Crippen LogP contribution is 2.29. The number of fused-ring (bicyclic) bond motifs is 1. The summed E-state index contributed by atoms with van der Waals surface area (Å²) in [5.74, 6) is 0.205. The maximum absolute atomic E-state index is 13.4. The molecule has 7 heteroatoms. The molecule has 31 heavy (non-hydrogen) atoms. The highest BCUT2D eigenvalue weighted by molar-refractivity contribution is 5.94. The average Bonchev–Trinajstić information content (AvgIpc) is 3.50. The van der Waals surface area contributed by atoms with Gasteiger partial charge in [-0.25, -0.2) is 14.1 Å². The van der Waals surface area contributed by atoms with E-state index in [0.717, 1.165) is 47.6 Å². The fraction of sp³-hybridized carbons (Fsp3) is 0.208. The van der Waals surface area contributed by atoms with Crippen LogP contribution in [0.1, 0.15) is 45.6 Å². The minimum Gasteiger partial charge on any atom is -0.337 e. The van der Waals surface area contributed by atoms with Crippen LogP contribution in [0.4, 0.5) is 4.39 Å². The van der Waals surface area contributed by atoms with Crippen molar-refractivity contribution in [1.29, 1.82) is 0 Å². The molecule has 1 unspecified atom stereocenters. The van der Waals surface area contributed by atoms with Crippen LogP contribution in [0, 0.1) is 5.82 Å². The van der Waals surface area contributed by atoms with E-state index in [9.17, 15) is 9.18 Å². The number of carbonyl (C=O) groups is 1. The van der Waals surface area contributed by atoms with Crippen molar-refractivity contribution in [1.82, 2.24) is 24.6 Å². The molecule has 0 saturated carbocycles. The van der Waals surface area contributed by atoms with Gasteiger partial charge in [0, 0.05) is 30.7 Å². The van der Waals surface area contributed by atoms with Gasteiger partial charge in [0.05, 0.1) is 5.69 Å². The van der Waals surface area contributed by atoms with Crippen molar-refractivity contribution in [3.63, 3.8) is 0 Å². The lowest BCUT2D eigenvalue weighted by atomic mass is 10.1. The van der Waals surface area contributed by atoms with E-state index < -0.39 is 6.04 Å². The predicted octanol–water partition coefficient (Wildman–Crippen LogP) is 3.75. The van der Waals surface area contributed by atoms with E-state index in [1.54, 1.807) is 23.0 Å². The molecule has 156 valence electrons. The standard InChI is InChI=1S/C24H22FN5O/c1-29-15-14-26-23(29)21(16-6-3-2-4-7-16)27-24(31)22-19-8-5-9-20(19)30(28-22)18-12-10-17(25)11-13-18/h2-4,6-7,10-15,21H,5,8-9H2,1H3,(H,27,31). The summed E-state index contributed by atoms with van der Waals surface area (Å²) in [7, 11) is 1.91. The second-order valence-corrected chi connectivity index (χ2v) is 7.73. The molecule has 0 fully saturated rings. The number of aryl methyl sites for hydroxylation is 1. The largest absolute Gasteiger partial charge is 0.337 e. The lowest BCUT2D eigenvalue weighted by molar-refractivity contribution is 0.0934. The van der Waals surface area contributed by atoms with E-state index in [0.29, 0.717) is 5.69 Å². The van der Waals surface area contributed by atoms with E-state index in [2.05, 4.69) is 15.4 Å². The first kappa shape index (κ1) is 19.2. The molecule has 2 heterocycles. The lowest BCUT2D eigenvalue weighted by Crippen LogP contribution is -2.32. The zero-order chi connectivity index (χ0) is 21.4. The van der Waals surface area contributed by atoms with Crippen molar-refractivity contribution < 1.29 is 9.18 Å². The molecule has 0 bridgehead atoms. The van der Waals surface area contributed by atoms with Crippen LogP contribution in [0.25, 0.3) is 5.69 Å². The maximum Gasteiger partial charge on any atom is 0.272 e. The zero-order valence-corrected chi connectivity index (χ0v) is 17.1. The van der Waals surface area contributed by atoms with Gasteiger partial charge in [-0.05, 0) is 49.1 Å².